The Morgan fingerprint density at radius 2 is 2.02 bits per heavy atom. The third kappa shape index (κ3) is 5.13. The summed E-state index contributed by atoms with van der Waals surface area (Å²) in [6.45, 7) is 0.225. The van der Waals surface area contributed by atoms with Crippen LogP contribution in [0, 0.1) is 16.7 Å². The molecule has 11 nitrogen and oxygen atoms in total. The van der Waals surface area contributed by atoms with E-state index in [2.05, 4.69) is 30.4 Å². The molecule has 3 heterocycles. The molecule has 3 aliphatic carbocycles. The molecule has 41 heavy (non-hydrogen) atoms. The van der Waals surface area contributed by atoms with Crippen LogP contribution in [0.15, 0.2) is 21.8 Å². The van der Waals surface area contributed by atoms with Gasteiger partial charge in [-0.05, 0) is 56.9 Å². The third-order valence-corrected chi connectivity index (χ3v) is 10.9. The summed E-state index contributed by atoms with van der Waals surface area (Å²) in [6, 6.07) is 4.11. The summed E-state index contributed by atoms with van der Waals surface area (Å²) in [7, 11) is 1.41. The average Bonchev–Trinajstić information content (AvgIpc) is 3.39. The minimum atomic E-state index is -3.58. The predicted octanol–water partition coefficient (Wildman–Crippen LogP) is 4.38. The number of aromatic nitrogens is 3. The first-order chi connectivity index (χ1) is 19.7. The summed E-state index contributed by atoms with van der Waals surface area (Å²) in [6.07, 6.45) is 10.2. The minimum Gasteiger partial charge on any atom is -0.477 e. The number of aryl methyl sites for hydroxylation is 1. The average molecular weight is 597 g/mol. The minimum absolute atomic E-state index is 0.0786. The van der Waals surface area contributed by atoms with Crippen molar-refractivity contribution in [2.24, 2.45) is 10.4 Å². The van der Waals surface area contributed by atoms with E-state index in [0.29, 0.717) is 23.0 Å². The molecule has 6 rings (SSSR count). The van der Waals surface area contributed by atoms with Gasteiger partial charge in [-0.2, -0.15) is 18.7 Å². The first kappa shape index (κ1) is 27.8. The molecule has 0 aliphatic heterocycles. The number of rotatable bonds is 9. The first-order valence-electron chi connectivity index (χ1n) is 13.7. The molecule has 3 aliphatic rings. The molecule has 0 radical (unpaired) electrons. The number of thiophene rings is 1. The van der Waals surface area contributed by atoms with Crippen LogP contribution in [0.5, 0.6) is 5.88 Å². The fraction of sp³-hybridized carbons (Fsp3) is 0.536. The molecule has 0 amide bonds. The SMILES string of the molecule is COS(=O)(=O)CC1(COc2ccnc(-c3noc4c3CCC[C@@]43CCCc4sc(N=CN(C)C)c(C#N)c43)n2)CC1. The van der Waals surface area contributed by atoms with Crippen LogP contribution in [0.2, 0.25) is 0 Å². The van der Waals surface area contributed by atoms with Crippen molar-refractivity contribution in [2.45, 2.75) is 56.8 Å². The Labute approximate surface area is 243 Å². The molecule has 0 N–H and O–H groups in total. The highest BCUT2D eigenvalue weighted by atomic mass is 32.2. The van der Waals surface area contributed by atoms with Crippen LogP contribution in [0.4, 0.5) is 5.00 Å². The Balaban J connectivity index is 1.32. The van der Waals surface area contributed by atoms with Gasteiger partial charge in [0.25, 0.3) is 10.1 Å². The van der Waals surface area contributed by atoms with E-state index in [9.17, 15) is 13.7 Å². The van der Waals surface area contributed by atoms with Crippen LogP contribution < -0.4 is 4.74 Å². The first-order valence-corrected chi connectivity index (χ1v) is 16.1. The lowest BCUT2D eigenvalue weighted by atomic mass is 9.63. The fourth-order valence-corrected chi connectivity index (χ4v) is 8.61. The largest absolute Gasteiger partial charge is 0.477 e. The molecular weight excluding hydrogens is 564 g/mol. The Morgan fingerprint density at radius 1 is 1.24 bits per heavy atom. The number of aliphatic imine (C=N–C) groups is 1. The van der Waals surface area contributed by atoms with E-state index in [0.717, 1.165) is 73.3 Å². The van der Waals surface area contributed by atoms with Crippen LogP contribution in [-0.4, -0.2) is 68.3 Å². The molecule has 1 spiro atoms. The topological polar surface area (TPSA) is 144 Å². The second-order valence-corrected chi connectivity index (χ2v) is 14.2. The summed E-state index contributed by atoms with van der Waals surface area (Å²) >= 11 is 1.60. The second-order valence-electron chi connectivity index (χ2n) is 11.4. The smallest absolute Gasteiger partial charge is 0.267 e. The Bertz CT molecular complexity index is 1650. The standard InChI is InChI=1S/C28H32N6O5S2/c1-34(2)17-31-26-19(14-29)22-20(40-26)7-5-10-28(22)9-4-6-18-23(33-39-24(18)28)25-30-13-8-21(32-25)38-15-27(11-12-27)16-41(35,36)37-3/h8,13,17H,4-7,9-12,15-16H2,1-3H3/t28-/m0/s1. The van der Waals surface area contributed by atoms with E-state index >= 15 is 0 Å². The van der Waals surface area contributed by atoms with Gasteiger partial charge in [-0.25, -0.2) is 9.98 Å². The van der Waals surface area contributed by atoms with Gasteiger partial charge in [-0.15, -0.1) is 11.3 Å². The van der Waals surface area contributed by atoms with Crippen molar-refractivity contribution >= 4 is 32.8 Å². The number of fused-ring (bicyclic) bond motifs is 4. The van der Waals surface area contributed by atoms with Crippen molar-refractivity contribution < 1.29 is 21.9 Å². The van der Waals surface area contributed by atoms with Crippen molar-refractivity contribution in [3.63, 3.8) is 0 Å². The summed E-state index contributed by atoms with van der Waals surface area (Å²) in [5.74, 6) is 1.47. The fourth-order valence-electron chi connectivity index (χ4n) is 6.14. The summed E-state index contributed by atoms with van der Waals surface area (Å²) in [5, 5.41) is 15.4. The second kappa shape index (κ2) is 10.5. The van der Waals surface area contributed by atoms with Crippen LogP contribution >= 0.6 is 11.3 Å². The van der Waals surface area contributed by atoms with Crippen LogP contribution in [-0.2, 0) is 32.6 Å². The Kier molecular flexibility index (Phi) is 7.12. The molecule has 0 saturated heterocycles. The summed E-state index contributed by atoms with van der Waals surface area (Å²) < 4.78 is 40.7. The van der Waals surface area contributed by atoms with Crippen molar-refractivity contribution in [3.05, 3.63) is 39.6 Å². The molecule has 3 aromatic rings. The number of nitrogens with zero attached hydrogens (tertiary/aromatic N) is 6. The molecule has 1 saturated carbocycles. The van der Waals surface area contributed by atoms with E-state index < -0.39 is 20.9 Å². The van der Waals surface area contributed by atoms with Crippen molar-refractivity contribution in [1.82, 2.24) is 20.0 Å². The maximum absolute atomic E-state index is 12.0. The molecular formula is C28H32N6O5S2. The van der Waals surface area contributed by atoms with E-state index in [-0.39, 0.29) is 12.4 Å². The molecule has 0 bridgehead atoms. The number of hydrogen-bond acceptors (Lipinski definition) is 11. The highest BCUT2D eigenvalue weighted by Gasteiger charge is 2.49. The highest BCUT2D eigenvalue weighted by Crippen LogP contribution is 2.56. The Morgan fingerprint density at radius 3 is 2.73 bits per heavy atom. The van der Waals surface area contributed by atoms with Crippen LogP contribution in [0.25, 0.3) is 11.5 Å². The normalized spacial score (nSPS) is 20.9. The molecule has 3 aromatic heterocycles. The van der Waals surface area contributed by atoms with Crippen molar-refractivity contribution in [3.8, 4) is 23.5 Å². The maximum Gasteiger partial charge on any atom is 0.267 e. The number of hydrogen-bond donors (Lipinski definition) is 0. The predicted molar refractivity (Wildman–Crippen MR) is 153 cm³/mol. The molecule has 0 aromatic carbocycles. The lowest BCUT2D eigenvalue weighted by Crippen LogP contribution is -2.35. The highest BCUT2D eigenvalue weighted by molar-refractivity contribution is 7.86. The zero-order chi connectivity index (χ0) is 28.8. The third-order valence-electron chi connectivity index (χ3n) is 8.28. The van der Waals surface area contributed by atoms with Crippen molar-refractivity contribution in [1.29, 1.82) is 5.26 Å². The van der Waals surface area contributed by atoms with Gasteiger partial charge >= 0.3 is 0 Å². The van der Waals surface area contributed by atoms with Gasteiger partial charge in [0.1, 0.15) is 11.1 Å². The maximum atomic E-state index is 12.0. The molecule has 13 heteroatoms. The van der Waals surface area contributed by atoms with Gasteiger partial charge in [0.15, 0.2) is 17.3 Å². The van der Waals surface area contributed by atoms with Gasteiger partial charge in [-0.3, -0.25) is 4.18 Å². The van der Waals surface area contributed by atoms with Gasteiger partial charge in [0.05, 0.1) is 36.8 Å². The lowest BCUT2D eigenvalue weighted by Gasteiger charge is -2.39. The summed E-state index contributed by atoms with van der Waals surface area (Å²) in [4.78, 5) is 16.8. The van der Waals surface area contributed by atoms with Gasteiger partial charge < -0.3 is 14.2 Å². The Hall–Kier alpha value is -3.34. The van der Waals surface area contributed by atoms with E-state index in [1.54, 1.807) is 29.9 Å². The molecule has 1 atom stereocenters. The molecule has 216 valence electrons. The lowest BCUT2D eigenvalue weighted by molar-refractivity contribution is 0.236. The zero-order valence-corrected chi connectivity index (χ0v) is 25.0. The van der Waals surface area contributed by atoms with Crippen LogP contribution in [0.3, 0.4) is 0 Å². The number of ether oxygens (including phenoxy) is 1. The summed E-state index contributed by atoms with van der Waals surface area (Å²) in [5.41, 5.74) is 2.35. The number of nitriles is 1. The quantitative estimate of drug-likeness (QED) is 0.198. The monoisotopic (exact) mass is 596 g/mol. The van der Waals surface area contributed by atoms with E-state index in [4.69, 9.17) is 9.26 Å². The van der Waals surface area contributed by atoms with Crippen LogP contribution in [0.1, 0.15) is 65.9 Å². The van der Waals surface area contributed by atoms with Crippen molar-refractivity contribution in [2.75, 3.05) is 33.6 Å². The molecule has 1 fully saturated rings. The van der Waals surface area contributed by atoms with Gasteiger partial charge in [0, 0.05) is 42.2 Å². The van der Waals surface area contributed by atoms with Gasteiger partial charge in [0.2, 0.25) is 5.88 Å². The molecule has 0 unspecified atom stereocenters. The van der Waals surface area contributed by atoms with Gasteiger partial charge in [-0.1, -0.05) is 5.16 Å². The van der Waals surface area contributed by atoms with E-state index in [1.165, 1.54) is 12.0 Å². The van der Waals surface area contributed by atoms with E-state index in [1.807, 2.05) is 19.0 Å². The zero-order valence-electron chi connectivity index (χ0n) is 23.3.